The summed E-state index contributed by atoms with van der Waals surface area (Å²) >= 11 is 0. The Bertz CT molecular complexity index is 1330. The molecule has 0 saturated carbocycles. The first-order valence-electron chi connectivity index (χ1n) is 12.0. The SMILES string of the molecule is CN(C)C(=O)c1cc(N2CCCC(NC(=O)Nc3ccc(C(F)(F)F)cc3)C2=O)ccc1-c1ccccc1. The summed E-state index contributed by atoms with van der Waals surface area (Å²) < 4.78 is 38.3. The molecule has 1 fully saturated rings. The van der Waals surface area contributed by atoms with Crippen molar-refractivity contribution in [2.24, 2.45) is 0 Å². The lowest BCUT2D eigenvalue weighted by Gasteiger charge is -2.33. The van der Waals surface area contributed by atoms with E-state index in [0.29, 0.717) is 30.6 Å². The van der Waals surface area contributed by atoms with Gasteiger partial charge in [0.2, 0.25) is 5.91 Å². The quantitative estimate of drug-likeness (QED) is 0.470. The van der Waals surface area contributed by atoms with Crippen molar-refractivity contribution in [1.82, 2.24) is 10.2 Å². The molecule has 0 bridgehead atoms. The van der Waals surface area contributed by atoms with E-state index in [1.54, 1.807) is 26.2 Å². The van der Waals surface area contributed by atoms with Crippen molar-refractivity contribution in [3.05, 3.63) is 83.9 Å². The molecule has 2 N–H and O–H groups in total. The molecule has 1 aliphatic heterocycles. The van der Waals surface area contributed by atoms with Crippen molar-refractivity contribution in [3.8, 4) is 11.1 Å². The van der Waals surface area contributed by atoms with Gasteiger partial charge in [-0.05, 0) is 60.4 Å². The van der Waals surface area contributed by atoms with Crippen molar-refractivity contribution in [3.63, 3.8) is 0 Å². The van der Waals surface area contributed by atoms with Gasteiger partial charge in [0.25, 0.3) is 5.91 Å². The summed E-state index contributed by atoms with van der Waals surface area (Å²) in [6, 6.07) is 17.2. The molecule has 0 aromatic heterocycles. The number of carbonyl (C=O) groups is 3. The number of halogens is 3. The first-order chi connectivity index (χ1) is 18.0. The summed E-state index contributed by atoms with van der Waals surface area (Å²) in [6.07, 6.45) is -3.47. The van der Waals surface area contributed by atoms with Crippen molar-refractivity contribution in [1.29, 1.82) is 0 Å². The van der Waals surface area contributed by atoms with Gasteiger partial charge in [-0.3, -0.25) is 9.59 Å². The molecule has 38 heavy (non-hydrogen) atoms. The number of alkyl halides is 3. The molecular weight excluding hydrogens is 497 g/mol. The summed E-state index contributed by atoms with van der Waals surface area (Å²) in [5, 5.41) is 5.08. The van der Waals surface area contributed by atoms with Crippen LogP contribution in [-0.4, -0.2) is 49.4 Å². The third-order valence-corrected chi connectivity index (χ3v) is 6.25. The average molecular weight is 525 g/mol. The molecule has 0 aliphatic carbocycles. The molecule has 0 spiro atoms. The fraction of sp³-hybridized carbons (Fsp3) is 0.250. The van der Waals surface area contributed by atoms with Crippen LogP contribution in [0.1, 0.15) is 28.8 Å². The van der Waals surface area contributed by atoms with Gasteiger partial charge >= 0.3 is 12.2 Å². The highest BCUT2D eigenvalue weighted by molar-refractivity contribution is 6.05. The van der Waals surface area contributed by atoms with Crippen molar-refractivity contribution >= 4 is 29.2 Å². The van der Waals surface area contributed by atoms with Crippen LogP contribution in [0.5, 0.6) is 0 Å². The van der Waals surface area contributed by atoms with Crippen LogP contribution in [0.15, 0.2) is 72.8 Å². The number of benzene rings is 3. The number of urea groups is 1. The van der Waals surface area contributed by atoms with Gasteiger partial charge < -0.3 is 20.4 Å². The van der Waals surface area contributed by atoms with E-state index < -0.39 is 23.8 Å². The molecule has 1 unspecified atom stereocenters. The highest BCUT2D eigenvalue weighted by Crippen LogP contribution is 2.31. The number of rotatable bonds is 5. The van der Waals surface area contributed by atoms with E-state index in [1.807, 2.05) is 36.4 Å². The lowest BCUT2D eigenvalue weighted by molar-refractivity contribution is -0.137. The van der Waals surface area contributed by atoms with Crippen molar-refractivity contribution in [2.75, 3.05) is 30.9 Å². The predicted molar refractivity (Wildman–Crippen MR) is 139 cm³/mol. The van der Waals surface area contributed by atoms with Gasteiger partial charge in [-0.25, -0.2) is 4.79 Å². The van der Waals surface area contributed by atoms with Crippen LogP contribution in [0.2, 0.25) is 0 Å². The smallest absolute Gasteiger partial charge is 0.345 e. The minimum atomic E-state index is -4.48. The zero-order chi connectivity index (χ0) is 27.4. The normalized spacial score (nSPS) is 15.7. The van der Waals surface area contributed by atoms with Crippen LogP contribution >= 0.6 is 0 Å². The van der Waals surface area contributed by atoms with Gasteiger partial charge in [-0.1, -0.05) is 36.4 Å². The first-order valence-corrected chi connectivity index (χ1v) is 12.0. The van der Waals surface area contributed by atoms with Gasteiger partial charge in [-0.2, -0.15) is 13.2 Å². The number of nitrogens with zero attached hydrogens (tertiary/aromatic N) is 2. The van der Waals surface area contributed by atoms with Gasteiger partial charge in [0.1, 0.15) is 6.04 Å². The maximum absolute atomic E-state index is 13.3. The molecule has 3 aromatic rings. The Kier molecular flexibility index (Phi) is 7.70. The highest BCUT2D eigenvalue weighted by atomic mass is 19.4. The molecule has 1 heterocycles. The second kappa shape index (κ2) is 11.0. The highest BCUT2D eigenvalue weighted by Gasteiger charge is 2.32. The van der Waals surface area contributed by atoms with Gasteiger partial charge in [0, 0.05) is 37.6 Å². The average Bonchev–Trinajstić information content (AvgIpc) is 2.89. The van der Waals surface area contributed by atoms with E-state index in [9.17, 15) is 27.6 Å². The van der Waals surface area contributed by atoms with Crippen LogP contribution in [-0.2, 0) is 11.0 Å². The van der Waals surface area contributed by atoms with Crippen molar-refractivity contribution < 1.29 is 27.6 Å². The summed E-state index contributed by atoms with van der Waals surface area (Å²) in [5.74, 6) is -0.546. The minimum absolute atomic E-state index is 0.166. The van der Waals surface area contributed by atoms with E-state index >= 15 is 0 Å². The van der Waals surface area contributed by atoms with E-state index in [0.717, 1.165) is 35.4 Å². The minimum Gasteiger partial charge on any atom is -0.345 e. The fourth-order valence-electron chi connectivity index (χ4n) is 4.32. The number of carbonyl (C=O) groups excluding carboxylic acids is 3. The zero-order valence-corrected chi connectivity index (χ0v) is 20.9. The molecule has 0 radical (unpaired) electrons. The van der Waals surface area contributed by atoms with Crippen LogP contribution in [0.25, 0.3) is 11.1 Å². The Labute approximate surface area is 218 Å². The van der Waals surface area contributed by atoms with Crippen LogP contribution in [0, 0.1) is 0 Å². The number of piperidine rings is 1. The predicted octanol–water partition coefficient (Wildman–Crippen LogP) is 5.39. The number of nitrogens with one attached hydrogen (secondary N) is 2. The van der Waals surface area contributed by atoms with Gasteiger partial charge in [0.05, 0.1) is 5.56 Å². The second-order valence-corrected chi connectivity index (χ2v) is 9.15. The molecule has 1 aliphatic rings. The molecular formula is C28H27F3N4O3. The van der Waals surface area contributed by atoms with E-state index in [1.165, 1.54) is 9.80 Å². The summed E-state index contributed by atoms with van der Waals surface area (Å²) in [7, 11) is 3.32. The number of amides is 4. The van der Waals surface area contributed by atoms with E-state index in [-0.39, 0.29) is 17.5 Å². The van der Waals surface area contributed by atoms with E-state index in [4.69, 9.17) is 0 Å². The van der Waals surface area contributed by atoms with E-state index in [2.05, 4.69) is 10.6 Å². The van der Waals surface area contributed by atoms with Crippen LogP contribution in [0.3, 0.4) is 0 Å². The first kappa shape index (κ1) is 26.7. The third-order valence-electron chi connectivity index (χ3n) is 6.25. The van der Waals surface area contributed by atoms with Crippen LogP contribution < -0.4 is 15.5 Å². The summed E-state index contributed by atoms with van der Waals surface area (Å²) in [5.41, 5.74) is 1.93. The second-order valence-electron chi connectivity index (χ2n) is 9.15. The van der Waals surface area contributed by atoms with Crippen LogP contribution in [0.4, 0.5) is 29.3 Å². The molecule has 4 rings (SSSR count). The Morgan fingerprint density at radius 3 is 2.29 bits per heavy atom. The lowest BCUT2D eigenvalue weighted by Crippen LogP contribution is -2.53. The standard InChI is InChI=1S/C28H27F3N4O3/c1-34(2)25(36)23-17-21(14-15-22(23)18-7-4-3-5-8-18)35-16-6-9-24(26(35)37)33-27(38)32-20-12-10-19(11-13-20)28(29,30)31/h3-5,7-8,10-15,17,24H,6,9,16H2,1-2H3,(H2,32,33,38). The molecule has 3 aromatic carbocycles. The Hall–Kier alpha value is -4.34. The summed E-state index contributed by atoms with van der Waals surface area (Å²) in [6.45, 7) is 0.414. The fourth-order valence-corrected chi connectivity index (χ4v) is 4.32. The Morgan fingerprint density at radius 2 is 1.66 bits per heavy atom. The number of hydrogen-bond donors (Lipinski definition) is 2. The molecule has 1 saturated heterocycles. The maximum Gasteiger partial charge on any atom is 0.416 e. The molecule has 198 valence electrons. The Balaban J connectivity index is 1.51. The maximum atomic E-state index is 13.3. The number of anilines is 2. The number of hydrogen-bond acceptors (Lipinski definition) is 3. The van der Waals surface area contributed by atoms with Gasteiger partial charge in [0.15, 0.2) is 0 Å². The topological polar surface area (TPSA) is 81.8 Å². The Morgan fingerprint density at radius 1 is 0.974 bits per heavy atom. The molecule has 1 atom stereocenters. The molecule has 4 amide bonds. The van der Waals surface area contributed by atoms with Gasteiger partial charge in [-0.15, -0.1) is 0 Å². The lowest BCUT2D eigenvalue weighted by atomic mass is 9.97. The largest absolute Gasteiger partial charge is 0.416 e. The monoisotopic (exact) mass is 524 g/mol. The zero-order valence-electron chi connectivity index (χ0n) is 20.9. The summed E-state index contributed by atoms with van der Waals surface area (Å²) in [4.78, 5) is 41.8. The third kappa shape index (κ3) is 5.96. The molecule has 7 nitrogen and oxygen atoms in total. The molecule has 10 heteroatoms. The van der Waals surface area contributed by atoms with Crippen molar-refractivity contribution in [2.45, 2.75) is 25.1 Å².